The average Bonchev–Trinajstić information content (AvgIpc) is 1.61. The summed E-state index contributed by atoms with van der Waals surface area (Å²) in [5, 5.41) is 16.0. The van der Waals surface area contributed by atoms with E-state index in [0.717, 1.165) is 67.7 Å². The maximum absolute atomic E-state index is 15.0. The second-order valence-electron chi connectivity index (χ2n) is 22.0. The maximum atomic E-state index is 15.0. The number of nitrogens with one attached hydrogen (secondary N) is 3. The van der Waals surface area contributed by atoms with Gasteiger partial charge in [-0.3, -0.25) is 24.1 Å². The molecule has 556 valence electrons. The molecule has 5 rings (SSSR count). The quantitative estimate of drug-likeness (QED) is 0.00540. The molecule has 0 saturated carbocycles. The first kappa shape index (κ1) is 85.4. The van der Waals surface area contributed by atoms with Gasteiger partial charge in [-0.15, -0.1) is 22.9 Å². The highest BCUT2D eigenvalue weighted by Crippen LogP contribution is 2.34. The molecule has 4 amide bonds. The van der Waals surface area contributed by atoms with Crippen molar-refractivity contribution in [2.24, 2.45) is 10.2 Å². The van der Waals surface area contributed by atoms with Crippen LogP contribution in [-0.2, 0) is 74.7 Å². The number of nitrogens with zero attached hydrogens (tertiary/aromatic N) is 12. The van der Waals surface area contributed by atoms with Crippen molar-refractivity contribution in [2.45, 2.75) is 92.0 Å². The zero-order valence-corrected chi connectivity index (χ0v) is 60.2. The topological polar surface area (TPSA) is 377 Å². The number of alkyl halides is 1. The third-order valence-electron chi connectivity index (χ3n) is 14.2. The fourth-order valence-electron chi connectivity index (χ4n) is 9.18. The number of esters is 2. The van der Waals surface area contributed by atoms with Gasteiger partial charge in [0.15, 0.2) is 0 Å². The van der Waals surface area contributed by atoms with Crippen LogP contribution in [0.3, 0.4) is 0 Å². The summed E-state index contributed by atoms with van der Waals surface area (Å²) in [6.45, 7) is 15.4. The second kappa shape index (κ2) is 52.9. The highest BCUT2D eigenvalue weighted by atomic mass is 35.5. The normalized spacial score (nSPS) is 12.0. The number of alkyl carbamates (subject to hydrolysis) is 2. The number of unbranched alkanes of at least 4 members (excludes halogenated alkanes) is 3. The molecule has 31 nitrogen and oxygen atoms in total. The van der Waals surface area contributed by atoms with Gasteiger partial charge in [0.2, 0.25) is 5.91 Å². The van der Waals surface area contributed by atoms with Crippen molar-refractivity contribution in [1.82, 2.24) is 35.4 Å². The van der Waals surface area contributed by atoms with E-state index in [4.69, 9.17) is 81.6 Å². The molecular formula is C66H94Cl2FN15O16S. The summed E-state index contributed by atoms with van der Waals surface area (Å²) in [6.07, 6.45) is 10.3. The van der Waals surface area contributed by atoms with E-state index >= 15 is 4.39 Å². The van der Waals surface area contributed by atoms with Crippen LogP contribution in [0.1, 0.15) is 103 Å². The Morgan fingerprint density at radius 3 is 2.04 bits per heavy atom. The number of carbonyl (C=O) groups excluding carboxylic acids is 6. The second-order valence-corrected chi connectivity index (χ2v) is 23.9. The van der Waals surface area contributed by atoms with Crippen LogP contribution in [0.5, 0.6) is 0 Å². The Morgan fingerprint density at radius 2 is 1.35 bits per heavy atom. The molecule has 3 heterocycles. The highest BCUT2D eigenvalue weighted by molar-refractivity contribution is 7.13. The van der Waals surface area contributed by atoms with Crippen molar-refractivity contribution >= 4 is 93.4 Å². The lowest BCUT2D eigenvalue weighted by molar-refractivity contribution is -0.146. The minimum absolute atomic E-state index is 0.0131. The molecule has 0 aliphatic carbocycles. The van der Waals surface area contributed by atoms with E-state index in [9.17, 15) is 28.8 Å². The van der Waals surface area contributed by atoms with Crippen LogP contribution in [0.15, 0.2) is 65.0 Å². The fraction of sp³-hybridized carbons (Fsp3) is 0.591. The van der Waals surface area contributed by atoms with Gasteiger partial charge < -0.3 is 73.1 Å². The predicted octanol–water partition coefficient (Wildman–Crippen LogP) is 10.8. The average molecular weight is 1480 g/mol. The van der Waals surface area contributed by atoms with Crippen molar-refractivity contribution in [3.05, 3.63) is 119 Å². The molecule has 0 bridgehead atoms. The molecule has 0 spiro atoms. The molecule has 1 saturated heterocycles. The lowest BCUT2D eigenvalue weighted by Gasteiger charge is -2.36. The molecule has 101 heavy (non-hydrogen) atoms. The molecular weight excluding hydrogens is 1380 g/mol. The molecule has 1 fully saturated rings. The largest absolute Gasteiger partial charge is 0.463 e. The number of aryl methyl sites for hydroxylation is 2. The van der Waals surface area contributed by atoms with E-state index in [-0.39, 0.29) is 101 Å². The van der Waals surface area contributed by atoms with Gasteiger partial charge in [0.05, 0.1) is 105 Å². The van der Waals surface area contributed by atoms with Gasteiger partial charge >= 0.3 is 24.1 Å². The predicted molar refractivity (Wildman–Crippen MR) is 378 cm³/mol. The third kappa shape index (κ3) is 37.5. The third-order valence-corrected chi connectivity index (χ3v) is 15.8. The molecule has 1 aliphatic rings. The summed E-state index contributed by atoms with van der Waals surface area (Å²) in [7, 11) is 0. The van der Waals surface area contributed by atoms with E-state index in [0.29, 0.717) is 144 Å². The Kier molecular flexibility index (Phi) is 44.7. The van der Waals surface area contributed by atoms with E-state index in [1.807, 2.05) is 50.8 Å². The van der Waals surface area contributed by atoms with Crippen molar-refractivity contribution < 1.29 is 80.5 Å². The molecule has 35 heteroatoms. The van der Waals surface area contributed by atoms with E-state index < -0.39 is 23.7 Å². The lowest BCUT2D eigenvalue weighted by Crippen LogP contribution is -2.51. The summed E-state index contributed by atoms with van der Waals surface area (Å²) in [5.74, 6) is -0.0524. The van der Waals surface area contributed by atoms with Gasteiger partial charge in [-0.2, -0.15) is 0 Å². The molecule has 1 aliphatic heterocycles. The van der Waals surface area contributed by atoms with Gasteiger partial charge in [0.25, 0.3) is 5.91 Å². The fourth-order valence-corrected chi connectivity index (χ4v) is 10.5. The summed E-state index contributed by atoms with van der Waals surface area (Å²) in [6, 6.07) is 9.73. The van der Waals surface area contributed by atoms with Crippen molar-refractivity contribution in [3.63, 3.8) is 0 Å². The van der Waals surface area contributed by atoms with Crippen LogP contribution in [0.2, 0.25) is 5.02 Å². The minimum Gasteiger partial charge on any atom is -0.463 e. The number of anilines is 2. The van der Waals surface area contributed by atoms with Crippen molar-refractivity contribution in [2.75, 3.05) is 174 Å². The van der Waals surface area contributed by atoms with Crippen LogP contribution in [0.25, 0.3) is 20.9 Å². The van der Waals surface area contributed by atoms with Gasteiger partial charge in [0, 0.05) is 113 Å². The SMILES string of the molecule is CCCC(=O)OC/C=C/COC(=O)NCCOCCOCCOC(=O)CCCOCCOCCCCCCCl.CCOCCOCCOC(=O)NCCN(Cc1cc(F)c(N=[N+]=[N-])c(N=[N+]=[N-])c1)C(=O)CN1CCN(c2cc(Cc3ncc(C(=O)Nc4c(C)cccc4Cl)s3)nc(C)n2)CC1. The zero-order chi connectivity index (χ0) is 73.1. The maximum Gasteiger partial charge on any atom is 0.407 e. The van der Waals surface area contributed by atoms with Crippen LogP contribution >= 0.6 is 34.5 Å². The molecule has 3 N–H and O–H groups in total. The summed E-state index contributed by atoms with van der Waals surface area (Å²) >= 11 is 13.2. The number of hydrogen-bond acceptors (Lipinski definition) is 24. The number of aromatic nitrogens is 3. The van der Waals surface area contributed by atoms with Crippen LogP contribution in [0, 0.1) is 19.7 Å². The molecule has 2 aromatic carbocycles. The van der Waals surface area contributed by atoms with E-state index in [1.165, 1.54) is 28.5 Å². The summed E-state index contributed by atoms with van der Waals surface area (Å²) in [4.78, 5) is 98.6. The number of amides is 4. The van der Waals surface area contributed by atoms with Gasteiger partial charge in [-0.1, -0.05) is 53.7 Å². The Labute approximate surface area is 601 Å². The van der Waals surface area contributed by atoms with Crippen LogP contribution in [0.4, 0.5) is 36.9 Å². The number of halogens is 3. The first-order valence-corrected chi connectivity index (χ1v) is 35.1. The smallest absolute Gasteiger partial charge is 0.407 e. The highest BCUT2D eigenvalue weighted by Gasteiger charge is 2.25. The van der Waals surface area contributed by atoms with Gasteiger partial charge in [0.1, 0.15) is 48.8 Å². The monoisotopic (exact) mass is 1470 g/mol. The van der Waals surface area contributed by atoms with Crippen LogP contribution in [-0.4, -0.2) is 225 Å². The Balaban J connectivity index is 0.000000479. The number of carbonyl (C=O) groups is 6. The lowest BCUT2D eigenvalue weighted by atomic mass is 10.1. The Bertz CT molecular complexity index is 3250. The molecule has 0 radical (unpaired) electrons. The van der Waals surface area contributed by atoms with Gasteiger partial charge in [-0.05, 0) is 99.0 Å². The summed E-state index contributed by atoms with van der Waals surface area (Å²) < 4.78 is 67.3. The number of rotatable bonds is 49. The minimum atomic E-state index is -0.928. The number of piperazine rings is 1. The molecule has 4 aromatic rings. The standard InChI is InChI=1S/C39H46ClFN14O6S.C27H48ClNO10/c1-4-59-14-15-60-16-17-61-39(58)44-8-9-55(23-27-18-30(41)37(50-52-43)31(19-27)49-51-42)35(56)24-53-10-12-54(13-11-53)33-20-28(46-26(3)47-33)21-34-45-22-32(62-34)38(57)48-36-25(2)6-5-7-29(36)40;1-2-10-25(30)37-16-7-8-17-39-27(32)29-13-18-35-21-22-36-23-24-38-26(31)11-9-15-34-20-19-33-14-6-4-3-5-12-28/h5-7,18-20,22H,4,8-17,21,23-24H2,1-3H3,(H,44,58)(H,48,57);7-8H,2-6,9-24H2,1H3,(H,29,32)/b;8-7+. The Morgan fingerprint density at radius 1 is 0.713 bits per heavy atom. The van der Waals surface area contributed by atoms with Gasteiger partial charge in [-0.25, -0.2) is 28.9 Å². The number of ether oxygens (including phenoxy) is 10. The number of thiazole rings is 1. The number of para-hydroxylation sites is 1. The number of hydrogen-bond donors (Lipinski definition) is 3. The Hall–Kier alpha value is -8.04. The summed E-state index contributed by atoms with van der Waals surface area (Å²) in [5.41, 5.74) is 19.6. The van der Waals surface area contributed by atoms with Crippen molar-refractivity contribution in [3.8, 4) is 0 Å². The first-order chi connectivity index (χ1) is 49.1. The molecule has 0 unspecified atom stereocenters. The van der Waals surface area contributed by atoms with E-state index in [1.54, 1.807) is 18.2 Å². The number of azide groups is 2. The number of benzene rings is 2. The zero-order valence-electron chi connectivity index (χ0n) is 57.9. The first-order valence-electron chi connectivity index (χ1n) is 33.4. The van der Waals surface area contributed by atoms with Crippen LogP contribution < -0.4 is 20.9 Å². The van der Waals surface area contributed by atoms with E-state index in [2.05, 4.69) is 55.9 Å². The molecule has 0 atom stereocenters. The molecule has 2 aromatic heterocycles. The van der Waals surface area contributed by atoms with Crippen molar-refractivity contribution in [1.29, 1.82) is 0 Å².